The number of esters is 1. The third-order valence-corrected chi connectivity index (χ3v) is 1.87. The summed E-state index contributed by atoms with van der Waals surface area (Å²) in [5, 5.41) is 0. The largest absolute Gasteiger partial charge is 0.466 e. The molecule has 0 saturated carbocycles. The van der Waals surface area contributed by atoms with Gasteiger partial charge in [-0.1, -0.05) is 13.8 Å². The second-order valence-corrected chi connectivity index (χ2v) is 3.13. The molecule has 4 heteroatoms. The van der Waals surface area contributed by atoms with Gasteiger partial charge in [-0.3, -0.25) is 4.79 Å². The summed E-state index contributed by atoms with van der Waals surface area (Å²) in [5.74, 6) is -0.984. The zero-order valence-electron chi connectivity index (χ0n) is 7.42. The summed E-state index contributed by atoms with van der Waals surface area (Å²) in [6.07, 6.45) is 0. The van der Waals surface area contributed by atoms with Crippen LogP contribution in [0.15, 0.2) is 0 Å². The smallest absolute Gasteiger partial charge is 0.348 e. The van der Waals surface area contributed by atoms with Gasteiger partial charge in [0.05, 0.1) is 13.7 Å². The maximum Gasteiger partial charge on any atom is 0.348 e. The van der Waals surface area contributed by atoms with Crippen LogP contribution in [0.2, 0.25) is 0 Å². The van der Waals surface area contributed by atoms with Gasteiger partial charge in [-0.15, -0.1) is 0 Å². The molecule has 4 nitrogen and oxygen atoms in total. The van der Waals surface area contributed by atoms with Crippen molar-refractivity contribution in [1.29, 1.82) is 0 Å². The monoisotopic (exact) mass is 172 g/mol. The predicted molar refractivity (Wildman–Crippen MR) is 40.5 cm³/mol. The molecule has 1 saturated heterocycles. The third kappa shape index (κ3) is 1.22. The van der Waals surface area contributed by atoms with Gasteiger partial charge in [0.1, 0.15) is 0 Å². The van der Waals surface area contributed by atoms with Gasteiger partial charge < -0.3 is 9.47 Å². The number of ether oxygens (including phenoxy) is 2. The number of methoxy groups -OCH3 is 1. The number of rotatable bonds is 3. The quantitative estimate of drug-likeness (QED) is 0.345. The molecule has 0 aromatic rings. The van der Waals surface area contributed by atoms with Gasteiger partial charge in [-0.2, -0.15) is 0 Å². The topological polar surface area (TPSA) is 55.9 Å². The van der Waals surface area contributed by atoms with Gasteiger partial charge in [-0.05, 0) is 0 Å². The molecule has 1 unspecified atom stereocenters. The summed E-state index contributed by atoms with van der Waals surface area (Å²) in [6.45, 7) is 3.63. The fourth-order valence-electron chi connectivity index (χ4n) is 1.06. The van der Waals surface area contributed by atoms with E-state index in [9.17, 15) is 9.59 Å². The van der Waals surface area contributed by atoms with Crippen LogP contribution in [-0.4, -0.2) is 31.1 Å². The van der Waals surface area contributed by atoms with Crippen LogP contribution in [-0.2, 0) is 19.1 Å². The summed E-state index contributed by atoms with van der Waals surface area (Å²) in [6, 6.07) is 0. The van der Waals surface area contributed by atoms with E-state index in [4.69, 9.17) is 4.74 Å². The summed E-state index contributed by atoms with van der Waals surface area (Å²) < 4.78 is 9.31. The molecule has 1 heterocycles. The minimum absolute atomic E-state index is 0.163. The van der Waals surface area contributed by atoms with E-state index in [1.165, 1.54) is 7.11 Å². The van der Waals surface area contributed by atoms with E-state index in [-0.39, 0.29) is 18.3 Å². The zero-order valence-corrected chi connectivity index (χ0v) is 7.42. The summed E-state index contributed by atoms with van der Waals surface area (Å²) in [4.78, 5) is 22.5. The number of epoxide rings is 1. The standard InChI is InChI=1S/C8H12O4/c1-5(2)6(9)8(4-12-8)7(10)11-3/h5H,4H2,1-3H3. The number of hydrogen-bond donors (Lipinski definition) is 0. The van der Waals surface area contributed by atoms with Crippen LogP contribution in [0, 0.1) is 5.92 Å². The Balaban J connectivity index is 2.73. The van der Waals surface area contributed by atoms with Crippen molar-refractivity contribution in [3.8, 4) is 0 Å². The SMILES string of the molecule is COC(=O)C1(C(=O)C(C)C)CO1. The molecule has 0 amide bonds. The summed E-state index contributed by atoms with van der Waals surface area (Å²) >= 11 is 0. The first-order valence-electron chi connectivity index (χ1n) is 3.81. The second-order valence-electron chi connectivity index (χ2n) is 3.13. The molecule has 0 radical (unpaired) electrons. The van der Waals surface area contributed by atoms with Crippen molar-refractivity contribution in [2.45, 2.75) is 19.4 Å². The molecule has 0 N–H and O–H groups in total. The molecule has 0 aliphatic carbocycles. The molecule has 0 aromatic carbocycles. The Hall–Kier alpha value is -0.900. The lowest BCUT2D eigenvalue weighted by atomic mass is 9.96. The zero-order chi connectivity index (χ0) is 9.35. The molecular weight excluding hydrogens is 160 g/mol. The second kappa shape index (κ2) is 2.86. The van der Waals surface area contributed by atoms with E-state index < -0.39 is 11.6 Å². The minimum Gasteiger partial charge on any atom is -0.466 e. The van der Waals surface area contributed by atoms with E-state index >= 15 is 0 Å². The van der Waals surface area contributed by atoms with Crippen molar-refractivity contribution >= 4 is 11.8 Å². The van der Waals surface area contributed by atoms with Gasteiger partial charge in [-0.25, -0.2) is 4.79 Å². The Kier molecular flexibility index (Phi) is 2.19. The first-order valence-corrected chi connectivity index (χ1v) is 3.81. The highest BCUT2D eigenvalue weighted by molar-refractivity contribution is 6.10. The van der Waals surface area contributed by atoms with Crippen LogP contribution in [0.3, 0.4) is 0 Å². The maximum atomic E-state index is 11.4. The molecule has 1 atom stereocenters. The van der Waals surface area contributed by atoms with Crippen molar-refractivity contribution < 1.29 is 19.1 Å². The van der Waals surface area contributed by atoms with Crippen molar-refractivity contribution in [2.24, 2.45) is 5.92 Å². The third-order valence-electron chi connectivity index (χ3n) is 1.87. The van der Waals surface area contributed by atoms with Gasteiger partial charge in [0.15, 0.2) is 5.78 Å². The molecule has 1 rings (SSSR count). The van der Waals surface area contributed by atoms with Gasteiger partial charge in [0.25, 0.3) is 0 Å². The molecule has 1 aliphatic heterocycles. The van der Waals surface area contributed by atoms with Gasteiger partial charge >= 0.3 is 5.97 Å². The van der Waals surface area contributed by atoms with E-state index in [1.54, 1.807) is 13.8 Å². The number of hydrogen-bond acceptors (Lipinski definition) is 4. The Morgan fingerprint density at radius 1 is 1.50 bits per heavy atom. The number of carbonyl (C=O) groups excluding carboxylic acids is 2. The number of Topliss-reactive ketones (excluding diaryl/α,β-unsaturated/α-hetero) is 1. The summed E-state index contributed by atoms with van der Waals surface area (Å²) in [7, 11) is 1.25. The summed E-state index contributed by atoms with van der Waals surface area (Å²) in [5.41, 5.74) is -1.26. The highest BCUT2D eigenvalue weighted by atomic mass is 16.6. The normalized spacial score (nSPS) is 27.0. The van der Waals surface area contributed by atoms with Gasteiger partial charge in [0.2, 0.25) is 5.60 Å². The molecular formula is C8H12O4. The lowest BCUT2D eigenvalue weighted by Crippen LogP contribution is -2.38. The Morgan fingerprint density at radius 3 is 2.25 bits per heavy atom. The average molecular weight is 172 g/mol. The van der Waals surface area contributed by atoms with Crippen LogP contribution < -0.4 is 0 Å². The fraction of sp³-hybridized carbons (Fsp3) is 0.750. The van der Waals surface area contributed by atoms with E-state index in [0.717, 1.165) is 0 Å². The predicted octanol–water partition coefficient (Wildman–Crippen LogP) is 0.153. The highest BCUT2D eigenvalue weighted by Crippen LogP contribution is 2.32. The van der Waals surface area contributed by atoms with E-state index in [2.05, 4.69) is 4.74 Å². The maximum absolute atomic E-state index is 11.4. The Bertz CT molecular complexity index is 215. The molecule has 0 aromatic heterocycles. The number of ketones is 1. The van der Waals surface area contributed by atoms with Crippen LogP contribution in [0.5, 0.6) is 0 Å². The Morgan fingerprint density at radius 2 is 2.00 bits per heavy atom. The molecule has 1 fully saturated rings. The molecule has 68 valence electrons. The molecule has 12 heavy (non-hydrogen) atoms. The number of carbonyl (C=O) groups is 2. The molecule has 1 aliphatic rings. The van der Waals surface area contributed by atoms with Crippen LogP contribution in [0.1, 0.15) is 13.8 Å². The van der Waals surface area contributed by atoms with Crippen LogP contribution in [0.25, 0.3) is 0 Å². The molecule has 0 bridgehead atoms. The van der Waals surface area contributed by atoms with E-state index in [1.807, 2.05) is 0 Å². The van der Waals surface area contributed by atoms with Crippen molar-refractivity contribution in [3.63, 3.8) is 0 Å². The van der Waals surface area contributed by atoms with Crippen molar-refractivity contribution in [2.75, 3.05) is 13.7 Å². The average Bonchev–Trinajstić information content (AvgIpc) is 2.82. The fourth-order valence-corrected chi connectivity index (χ4v) is 1.06. The van der Waals surface area contributed by atoms with Crippen molar-refractivity contribution in [1.82, 2.24) is 0 Å². The van der Waals surface area contributed by atoms with Crippen LogP contribution >= 0.6 is 0 Å². The van der Waals surface area contributed by atoms with Gasteiger partial charge in [0, 0.05) is 5.92 Å². The Labute approximate surface area is 70.8 Å². The van der Waals surface area contributed by atoms with Crippen molar-refractivity contribution in [3.05, 3.63) is 0 Å². The highest BCUT2D eigenvalue weighted by Gasteiger charge is 2.60. The van der Waals surface area contributed by atoms with Crippen LogP contribution in [0.4, 0.5) is 0 Å². The first-order chi connectivity index (χ1) is 5.54. The lowest BCUT2D eigenvalue weighted by molar-refractivity contribution is -0.152. The lowest BCUT2D eigenvalue weighted by Gasteiger charge is -2.09. The first kappa shape index (κ1) is 9.19. The molecule has 0 spiro atoms. The minimum atomic E-state index is -1.26. The van der Waals surface area contributed by atoms with E-state index in [0.29, 0.717) is 0 Å².